The lowest BCUT2D eigenvalue weighted by Gasteiger charge is -2.30. The summed E-state index contributed by atoms with van der Waals surface area (Å²) >= 11 is 0. The van der Waals surface area contributed by atoms with Crippen LogP contribution in [0.25, 0.3) is 0 Å². The Morgan fingerprint density at radius 2 is 2.32 bits per heavy atom. The molecule has 2 heterocycles. The van der Waals surface area contributed by atoms with Crippen molar-refractivity contribution in [1.82, 2.24) is 14.6 Å². The van der Waals surface area contributed by atoms with Gasteiger partial charge in [-0.15, -0.1) is 0 Å². The second-order valence-corrected chi connectivity index (χ2v) is 6.16. The van der Waals surface area contributed by atoms with Gasteiger partial charge in [-0.05, 0) is 13.0 Å². The van der Waals surface area contributed by atoms with Gasteiger partial charge in [0.15, 0.2) is 0 Å². The van der Waals surface area contributed by atoms with Gasteiger partial charge in [0.2, 0.25) is 5.03 Å². The van der Waals surface area contributed by atoms with Crippen LogP contribution in [0.5, 0.6) is 0 Å². The summed E-state index contributed by atoms with van der Waals surface area (Å²) < 4.78 is 26.0. The Balaban J connectivity index is 2.42. The van der Waals surface area contributed by atoms with Crippen molar-refractivity contribution in [3.05, 3.63) is 28.4 Å². The molecular formula is C10H14N4O4S. The quantitative estimate of drug-likeness (QED) is 0.618. The van der Waals surface area contributed by atoms with Crippen LogP contribution in [-0.4, -0.2) is 48.3 Å². The number of hydrogen-bond acceptors (Lipinski definition) is 6. The SMILES string of the molecule is C[C@H]1CN(S(=O)(=O)c2ncccc2[N+](=O)[O-])CCN1. The second kappa shape index (κ2) is 5.19. The molecule has 1 aromatic rings. The minimum atomic E-state index is -3.93. The lowest BCUT2D eigenvalue weighted by molar-refractivity contribution is -0.388. The van der Waals surface area contributed by atoms with Gasteiger partial charge in [-0.3, -0.25) is 10.1 Å². The van der Waals surface area contributed by atoms with Crippen molar-refractivity contribution in [2.75, 3.05) is 19.6 Å². The average Bonchev–Trinajstić information content (AvgIpc) is 2.38. The third-order valence-electron chi connectivity index (χ3n) is 2.86. The Morgan fingerprint density at radius 1 is 1.58 bits per heavy atom. The van der Waals surface area contributed by atoms with E-state index in [0.717, 1.165) is 6.07 Å². The first-order valence-electron chi connectivity index (χ1n) is 5.76. The van der Waals surface area contributed by atoms with E-state index in [-0.39, 0.29) is 19.1 Å². The summed E-state index contributed by atoms with van der Waals surface area (Å²) in [4.78, 5) is 13.8. The van der Waals surface area contributed by atoms with E-state index in [1.165, 1.54) is 16.6 Å². The number of nitro groups is 1. The molecule has 1 atom stereocenters. The Bertz CT molecular complexity index is 589. The highest BCUT2D eigenvalue weighted by Gasteiger charge is 2.34. The fourth-order valence-corrected chi connectivity index (χ4v) is 3.55. The van der Waals surface area contributed by atoms with Crippen LogP contribution >= 0.6 is 0 Å². The van der Waals surface area contributed by atoms with E-state index in [1.54, 1.807) is 0 Å². The second-order valence-electron chi connectivity index (χ2n) is 4.30. The molecule has 1 N–H and O–H groups in total. The minimum absolute atomic E-state index is 0.00583. The average molecular weight is 286 g/mol. The molecule has 1 aromatic heterocycles. The van der Waals surface area contributed by atoms with E-state index in [4.69, 9.17) is 0 Å². The zero-order valence-electron chi connectivity index (χ0n) is 10.3. The van der Waals surface area contributed by atoms with E-state index in [1.807, 2.05) is 6.92 Å². The van der Waals surface area contributed by atoms with Crippen molar-refractivity contribution in [1.29, 1.82) is 0 Å². The van der Waals surface area contributed by atoms with Gasteiger partial charge in [0.1, 0.15) is 0 Å². The Labute approximate surface area is 110 Å². The lowest BCUT2D eigenvalue weighted by atomic mass is 10.3. The molecule has 1 aliphatic heterocycles. The predicted octanol–water partition coefficient (Wildman–Crippen LogP) is -0.0278. The zero-order chi connectivity index (χ0) is 14.0. The van der Waals surface area contributed by atoms with Gasteiger partial charge >= 0.3 is 5.69 Å². The summed E-state index contributed by atoms with van der Waals surface area (Å²) in [7, 11) is -3.93. The van der Waals surface area contributed by atoms with E-state index in [2.05, 4.69) is 10.3 Å². The number of piperazine rings is 1. The highest BCUT2D eigenvalue weighted by Crippen LogP contribution is 2.24. The first-order chi connectivity index (χ1) is 8.93. The molecule has 8 nitrogen and oxygen atoms in total. The highest BCUT2D eigenvalue weighted by atomic mass is 32.2. The highest BCUT2D eigenvalue weighted by molar-refractivity contribution is 7.89. The van der Waals surface area contributed by atoms with Crippen molar-refractivity contribution < 1.29 is 13.3 Å². The van der Waals surface area contributed by atoms with Crippen LogP contribution < -0.4 is 5.32 Å². The molecule has 19 heavy (non-hydrogen) atoms. The summed E-state index contributed by atoms with van der Waals surface area (Å²) in [6.45, 7) is 2.92. The summed E-state index contributed by atoms with van der Waals surface area (Å²) in [5.41, 5.74) is -0.492. The standard InChI is InChI=1S/C10H14N4O4S/c1-8-7-13(6-5-11-8)19(17,18)10-9(14(15)16)3-2-4-12-10/h2-4,8,11H,5-7H2,1H3/t8-/m0/s1. The van der Waals surface area contributed by atoms with Crippen molar-refractivity contribution in [3.63, 3.8) is 0 Å². The largest absolute Gasteiger partial charge is 0.312 e. The van der Waals surface area contributed by atoms with Crippen LogP contribution in [-0.2, 0) is 10.0 Å². The number of nitrogens with one attached hydrogen (secondary N) is 1. The van der Waals surface area contributed by atoms with Crippen molar-refractivity contribution in [2.45, 2.75) is 18.0 Å². The van der Waals surface area contributed by atoms with Gasteiger partial charge in [-0.1, -0.05) is 0 Å². The summed E-state index contributed by atoms with van der Waals surface area (Å²) in [6, 6.07) is 2.49. The molecule has 104 valence electrons. The molecule has 0 saturated carbocycles. The number of hydrogen-bond donors (Lipinski definition) is 1. The van der Waals surface area contributed by atoms with Crippen LogP contribution in [0.4, 0.5) is 5.69 Å². The molecule has 1 saturated heterocycles. The van der Waals surface area contributed by atoms with Crippen LogP contribution in [0.2, 0.25) is 0 Å². The summed E-state index contributed by atoms with van der Waals surface area (Å²) in [5, 5.41) is 13.5. The predicted molar refractivity (Wildman–Crippen MR) is 67.1 cm³/mol. The third-order valence-corrected chi connectivity index (χ3v) is 4.68. The number of rotatable bonds is 3. The molecule has 2 rings (SSSR count). The molecule has 1 aliphatic rings. The molecule has 0 radical (unpaired) electrons. The van der Waals surface area contributed by atoms with Gasteiger partial charge in [0.05, 0.1) is 4.92 Å². The molecule has 0 aliphatic carbocycles. The minimum Gasteiger partial charge on any atom is -0.312 e. The molecular weight excluding hydrogens is 272 g/mol. The molecule has 0 aromatic carbocycles. The molecule has 0 bridgehead atoms. The molecule has 0 unspecified atom stereocenters. The van der Waals surface area contributed by atoms with Gasteiger partial charge in [0.25, 0.3) is 10.0 Å². The van der Waals surface area contributed by atoms with Gasteiger partial charge in [0, 0.05) is 37.9 Å². The van der Waals surface area contributed by atoms with Crippen LogP contribution in [0.15, 0.2) is 23.4 Å². The maximum atomic E-state index is 12.4. The first kappa shape index (κ1) is 13.8. The maximum absolute atomic E-state index is 12.4. The molecule has 1 fully saturated rings. The molecule has 0 amide bonds. The number of pyridine rings is 1. The monoisotopic (exact) mass is 286 g/mol. The fraction of sp³-hybridized carbons (Fsp3) is 0.500. The van der Waals surface area contributed by atoms with Crippen molar-refractivity contribution in [3.8, 4) is 0 Å². The summed E-state index contributed by atoms with van der Waals surface area (Å²) in [5.74, 6) is 0. The Kier molecular flexibility index (Phi) is 3.78. The van der Waals surface area contributed by atoms with E-state index in [9.17, 15) is 18.5 Å². The number of aromatic nitrogens is 1. The normalized spacial score (nSPS) is 21.2. The topological polar surface area (TPSA) is 105 Å². The lowest BCUT2D eigenvalue weighted by Crippen LogP contribution is -2.51. The summed E-state index contributed by atoms with van der Waals surface area (Å²) in [6.07, 6.45) is 1.24. The van der Waals surface area contributed by atoms with E-state index < -0.39 is 25.7 Å². The number of nitrogens with zero attached hydrogens (tertiary/aromatic N) is 3. The van der Waals surface area contributed by atoms with Gasteiger partial charge in [-0.2, -0.15) is 4.31 Å². The Morgan fingerprint density at radius 3 is 2.95 bits per heavy atom. The van der Waals surface area contributed by atoms with Crippen LogP contribution in [0, 0.1) is 10.1 Å². The van der Waals surface area contributed by atoms with Crippen molar-refractivity contribution in [2.24, 2.45) is 0 Å². The number of sulfonamides is 1. The first-order valence-corrected chi connectivity index (χ1v) is 7.20. The zero-order valence-corrected chi connectivity index (χ0v) is 11.1. The smallest absolute Gasteiger partial charge is 0.308 e. The van der Waals surface area contributed by atoms with Gasteiger partial charge in [-0.25, -0.2) is 13.4 Å². The fourth-order valence-electron chi connectivity index (χ4n) is 1.96. The third kappa shape index (κ3) is 2.72. The van der Waals surface area contributed by atoms with Gasteiger partial charge < -0.3 is 5.32 Å². The van der Waals surface area contributed by atoms with E-state index in [0.29, 0.717) is 6.54 Å². The van der Waals surface area contributed by atoms with Crippen LogP contribution in [0.1, 0.15) is 6.92 Å². The van der Waals surface area contributed by atoms with Crippen molar-refractivity contribution >= 4 is 15.7 Å². The molecule has 9 heteroatoms. The van der Waals surface area contributed by atoms with E-state index >= 15 is 0 Å². The molecule has 0 spiro atoms. The Hall–Kier alpha value is -1.58. The maximum Gasteiger partial charge on any atom is 0.308 e. The van der Waals surface area contributed by atoms with Crippen LogP contribution in [0.3, 0.4) is 0 Å².